The number of rotatable bonds is 4. The Labute approximate surface area is 95.8 Å². The minimum absolute atomic E-state index is 0.185. The van der Waals surface area contributed by atoms with Gasteiger partial charge in [0.25, 0.3) is 0 Å². The fraction of sp³-hybridized carbons (Fsp3) is 0.538. The van der Waals surface area contributed by atoms with E-state index < -0.39 is 0 Å². The van der Waals surface area contributed by atoms with E-state index in [0.29, 0.717) is 12.6 Å². The van der Waals surface area contributed by atoms with Gasteiger partial charge in [-0.05, 0) is 49.1 Å². The largest absolute Gasteiger partial charge is 0.380 e. The van der Waals surface area contributed by atoms with Gasteiger partial charge in [-0.1, -0.05) is 6.07 Å². The van der Waals surface area contributed by atoms with Crippen LogP contribution >= 0.6 is 0 Å². The molecular weight excluding hydrogens is 205 g/mol. The van der Waals surface area contributed by atoms with Crippen molar-refractivity contribution >= 4 is 0 Å². The van der Waals surface area contributed by atoms with E-state index in [2.05, 4.69) is 5.32 Å². The molecule has 2 rings (SSSR count). The van der Waals surface area contributed by atoms with Gasteiger partial charge in [0.1, 0.15) is 5.82 Å². The molecule has 16 heavy (non-hydrogen) atoms. The highest BCUT2D eigenvalue weighted by Gasteiger charge is 2.16. The molecule has 1 unspecified atom stereocenters. The van der Waals surface area contributed by atoms with Crippen LogP contribution in [0.15, 0.2) is 18.2 Å². The third-order valence-corrected chi connectivity index (χ3v) is 3.10. The van der Waals surface area contributed by atoms with Gasteiger partial charge < -0.3 is 10.1 Å². The van der Waals surface area contributed by atoms with Gasteiger partial charge in [0, 0.05) is 13.2 Å². The second kappa shape index (κ2) is 5.41. The number of hydrogen-bond acceptors (Lipinski definition) is 2. The molecule has 3 heteroatoms. The molecule has 1 aliphatic rings. The van der Waals surface area contributed by atoms with E-state index in [4.69, 9.17) is 4.74 Å². The first-order valence-corrected chi connectivity index (χ1v) is 5.79. The quantitative estimate of drug-likeness (QED) is 0.845. The number of ether oxygens (including phenoxy) is 1. The van der Waals surface area contributed by atoms with Gasteiger partial charge in [0.2, 0.25) is 0 Å². The van der Waals surface area contributed by atoms with Gasteiger partial charge in [-0.25, -0.2) is 4.39 Å². The van der Waals surface area contributed by atoms with E-state index in [9.17, 15) is 4.39 Å². The number of hydrogen-bond donors (Lipinski definition) is 1. The Morgan fingerprint density at radius 2 is 2.31 bits per heavy atom. The summed E-state index contributed by atoms with van der Waals surface area (Å²) in [4.78, 5) is 0. The highest BCUT2D eigenvalue weighted by molar-refractivity contribution is 5.28. The Bertz CT molecular complexity index is 348. The molecular formula is C13H18FNO. The van der Waals surface area contributed by atoms with Gasteiger partial charge >= 0.3 is 0 Å². The molecule has 1 aromatic rings. The van der Waals surface area contributed by atoms with Gasteiger partial charge in [-0.15, -0.1) is 0 Å². The molecule has 1 fully saturated rings. The highest BCUT2D eigenvalue weighted by Crippen LogP contribution is 2.17. The topological polar surface area (TPSA) is 21.3 Å². The first-order valence-electron chi connectivity index (χ1n) is 5.79. The molecule has 1 heterocycles. The maximum Gasteiger partial charge on any atom is 0.123 e. The summed E-state index contributed by atoms with van der Waals surface area (Å²) >= 11 is 0. The molecule has 1 saturated heterocycles. The van der Waals surface area contributed by atoms with Crippen molar-refractivity contribution < 1.29 is 9.13 Å². The van der Waals surface area contributed by atoms with Crippen molar-refractivity contribution in [3.8, 4) is 0 Å². The number of benzene rings is 1. The standard InChI is InChI=1S/C13H18FNO/c1-16-9-11-7-12(14)5-4-10(11)8-13-3-2-6-15-13/h4-5,7,13,15H,2-3,6,8-9H2,1H3. The molecule has 0 aliphatic carbocycles. The van der Waals surface area contributed by atoms with Gasteiger partial charge in [0.15, 0.2) is 0 Å². The van der Waals surface area contributed by atoms with Crippen LogP contribution in [0, 0.1) is 5.82 Å². The number of methoxy groups -OCH3 is 1. The molecule has 2 nitrogen and oxygen atoms in total. The first kappa shape index (κ1) is 11.6. The lowest BCUT2D eigenvalue weighted by Gasteiger charge is -2.14. The van der Waals surface area contributed by atoms with E-state index in [-0.39, 0.29) is 5.82 Å². The van der Waals surface area contributed by atoms with E-state index in [1.54, 1.807) is 13.2 Å². The molecule has 0 saturated carbocycles. The lowest BCUT2D eigenvalue weighted by atomic mass is 9.99. The van der Waals surface area contributed by atoms with E-state index in [0.717, 1.165) is 18.5 Å². The Kier molecular flexibility index (Phi) is 3.91. The SMILES string of the molecule is COCc1cc(F)ccc1CC1CCCN1. The monoisotopic (exact) mass is 223 g/mol. The minimum atomic E-state index is -0.185. The smallest absolute Gasteiger partial charge is 0.123 e. The van der Waals surface area contributed by atoms with Crippen LogP contribution in [0.2, 0.25) is 0 Å². The van der Waals surface area contributed by atoms with Crippen molar-refractivity contribution in [2.45, 2.75) is 31.9 Å². The summed E-state index contributed by atoms with van der Waals surface area (Å²) < 4.78 is 18.2. The molecule has 1 aliphatic heterocycles. The van der Waals surface area contributed by atoms with Crippen LogP contribution in [0.25, 0.3) is 0 Å². The molecule has 0 amide bonds. The summed E-state index contributed by atoms with van der Waals surface area (Å²) in [6.45, 7) is 1.59. The number of nitrogens with one attached hydrogen (secondary N) is 1. The van der Waals surface area contributed by atoms with Crippen LogP contribution in [-0.2, 0) is 17.8 Å². The molecule has 1 N–H and O–H groups in total. The van der Waals surface area contributed by atoms with E-state index in [1.165, 1.54) is 24.5 Å². The van der Waals surface area contributed by atoms with Crippen LogP contribution in [0.5, 0.6) is 0 Å². The predicted octanol–water partition coefficient (Wildman–Crippen LogP) is 2.27. The van der Waals surface area contributed by atoms with Gasteiger partial charge in [-0.3, -0.25) is 0 Å². The molecule has 0 aromatic heterocycles. The van der Waals surface area contributed by atoms with Crippen LogP contribution in [-0.4, -0.2) is 19.7 Å². The Balaban J connectivity index is 2.11. The zero-order valence-electron chi connectivity index (χ0n) is 9.63. The van der Waals surface area contributed by atoms with E-state index >= 15 is 0 Å². The molecule has 0 radical (unpaired) electrons. The first-order chi connectivity index (χ1) is 7.79. The van der Waals surface area contributed by atoms with Crippen molar-refractivity contribution in [2.75, 3.05) is 13.7 Å². The van der Waals surface area contributed by atoms with Crippen molar-refractivity contribution in [1.29, 1.82) is 0 Å². The van der Waals surface area contributed by atoms with Crippen LogP contribution < -0.4 is 5.32 Å². The van der Waals surface area contributed by atoms with Crippen molar-refractivity contribution in [2.24, 2.45) is 0 Å². The summed E-state index contributed by atoms with van der Waals surface area (Å²) in [6.07, 6.45) is 3.42. The lowest BCUT2D eigenvalue weighted by Crippen LogP contribution is -2.24. The average Bonchev–Trinajstić information content (AvgIpc) is 2.75. The predicted molar refractivity (Wildman–Crippen MR) is 61.8 cm³/mol. The fourth-order valence-electron chi connectivity index (χ4n) is 2.28. The lowest BCUT2D eigenvalue weighted by molar-refractivity contribution is 0.183. The summed E-state index contributed by atoms with van der Waals surface area (Å²) in [5.74, 6) is -0.185. The van der Waals surface area contributed by atoms with Crippen molar-refractivity contribution in [3.63, 3.8) is 0 Å². The number of halogens is 1. The highest BCUT2D eigenvalue weighted by atomic mass is 19.1. The minimum Gasteiger partial charge on any atom is -0.380 e. The van der Waals surface area contributed by atoms with Crippen LogP contribution in [0.3, 0.4) is 0 Å². The van der Waals surface area contributed by atoms with Crippen molar-refractivity contribution in [1.82, 2.24) is 5.32 Å². The Morgan fingerprint density at radius 1 is 1.44 bits per heavy atom. The zero-order valence-corrected chi connectivity index (χ0v) is 9.63. The normalized spacial score (nSPS) is 20.2. The molecule has 0 spiro atoms. The molecule has 0 bridgehead atoms. The van der Waals surface area contributed by atoms with Gasteiger partial charge in [0.05, 0.1) is 6.61 Å². The average molecular weight is 223 g/mol. The Hall–Kier alpha value is -0.930. The molecule has 88 valence electrons. The van der Waals surface area contributed by atoms with Gasteiger partial charge in [-0.2, -0.15) is 0 Å². The maximum atomic E-state index is 13.1. The zero-order chi connectivity index (χ0) is 11.4. The summed E-state index contributed by atoms with van der Waals surface area (Å²) in [5.41, 5.74) is 2.17. The fourth-order valence-corrected chi connectivity index (χ4v) is 2.28. The summed E-state index contributed by atoms with van der Waals surface area (Å²) in [5, 5.41) is 3.45. The van der Waals surface area contributed by atoms with E-state index in [1.807, 2.05) is 6.07 Å². The molecule has 1 aromatic carbocycles. The summed E-state index contributed by atoms with van der Waals surface area (Å²) in [6, 6.07) is 5.53. The van der Waals surface area contributed by atoms with Crippen molar-refractivity contribution in [3.05, 3.63) is 35.1 Å². The van der Waals surface area contributed by atoms with Crippen LogP contribution in [0.1, 0.15) is 24.0 Å². The summed E-state index contributed by atoms with van der Waals surface area (Å²) in [7, 11) is 1.64. The third-order valence-electron chi connectivity index (χ3n) is 3.10. The third kappa shape index (κ3) is 2.80. The maximum absolute atomic E-state index is 13.1. The Morgan fingerprint density at radius 3 is 3.00 bits per heavy atom. The molecule has 1 atom stereocenters. The second-order valence-electron chi connectivity index (χ2n) is 4.34. The second-order valence-corrected chi connectivity index (χ2v) is 4.34. The van der Waals surface area contributed by atoms with Crippen LogP contribution in [0.4, 0.5) is 4.39 Å².